The predicted molar refractivity (Wildman–Crippen MR) is 62.4 cm³/mol. The Labute approximate surface area is 97.5 Å². The highest BCUT2D eigenvalue weighted by molar-refractivity contribution is 5.85. The Hall–Kier alpha value is -0.320. The summed E-state index contributed by atoms with van der Waals surface area (Å²) in [6.45, 7) is 8.17. The molecule has 2 N–H and O–H groups in total. The number of hydrogen-bond acceptors (Lipinski definition) is 3. The molecule has 1 aliphatic rings. The number of ether oxygens (including phenoxy) is 1. The van der Waals surface area contributed by atoms with Crippen molar-refractivity contribution in [2.75, 3.05) is 19.8 Å². The van der Waals surface area contributed by atoms with Crippen molar-refractivity contribution in [1.29, 1.82) is 0 Å². The summed E-state index contributed by atoms with van der Waals surface area (Å²) in [6.07, 6.45) is 0.497. The molecular formula is C10H21ClN2O2. The van der Waals surface area contributed by atoms with E-state index in [9.17, 15) is 4.79 Å². The number of amides is 1. The minimum atomic E-state index is -0.146. The zero-order chi connectivity index (χ0) is 10.6. The number of morpholine rings is 1. The van der Waals surface area contributed by atoms with Gasteiger partial charge < -0.3 is 15.4 Å². The van der Waals surface area contributed by atoms with Gasteiger partial charge in [-0.15, -0.1) is 12.4 Å². The lowest BCUT2D eigenvalue weighted by Crippen LogP contribution is -2.47. The first-order chi connectivity index (χ1) is 6.47. The van der Waals surface area contributed by atoms with Crippen LogP contribution in [0, 0.1) is 0 Å². The van der Waals surface area contributed by atoms with E-state index in [0.29, 0.717) is 13.0 Å². The monoisotopic (exact) mass is 236 g/mol. The minimum Gasteiger partial charge on any atom is -0.378 e. The second-order valence-electron chi connectivity index (χ2n) is 4.73. The maximum Gasteiger partial charge on any atom is 0.222 e. The van der Waals surface area contributed by atoms with E-state index in [2.05, 4.69) is 10.6 Å². The van der Waals surface area contributed by atoms with E-state index in [1.54, 1.807) is 0 Å². The van der Waals surface area contributed by atoms with Crippen molar-refractivity contribution in [3.8, 4) is 0 Å². The largest absolute Gasteiger partial charge is 0.378 e. The average Bonchev–Trinajstić information content (AvgIpc) is 2.02. The number of nitrogens with one attached hydrogen (secondary N) is 2. The molecule has 1 aliphatic heterocycles. The van der Waals surface area contributed by atoms with Gasteiger partial charge in [-0.1, -0.05) is 0 Å². The smallest absolute Gasteiger partial charge is 0.222 e. The Morgan fingerprint density at radius 1 is 1.53 bits per heavy atom. The van der Waals surface area contributed by atoms with E-state index >= 15 is 0 Å². The van der Waals surface area contributed by atoms with Gasteiger partial charge >= 0.3 is 0 Å². The molecule has 0 spiro atoms. The summed E-state index contributed by atoms with van der Waals surface area (Å²) in [4.78, 5) is 11.5. The quantitative estimate of drug-likeness (QED) is 0.742. The van der Waals surface area contributed by atoms with Crippen LogP contribution < -0.4 is 10.6 Å². The van der Waals surface area contributed by atoms with Crippen LogP contribution in [0.2, 0.25) is 0 Å². The minimum absolute atomic E-state index is 0. The summed E-state index contributed by atoms with van der Waals surface area (Å²) in [5, 5.41) is 6.18. The van der Waals surface area contributed by atoms with E-state index < -0.39 is 0 Å². The molecule has 1 heterocycles. The Kier molecular flexibility index (Phi) is 6.17. The van der Waals surface area contributed by atoms with Crippen molar-refractivity contribution >= 4 is 18.3 Å². The van der Waals surface area contributed by atoms with Gasteiger partial charge in [0, 0.05) is 24.5 Å². The van der Waals surface area contributed by atoms with Crippen LogP contribution in [0.3, 0.4) is 0 Å². The lowest BCUT2D eigenvalue weighted by atomic mass is 10.1. The molecule has 4 nitrogen and oxygen atoms in total. The summed E-state index contributed by atoms with van der Waals surface area (Å²) in [5.41, 5.74) is -0.146. The molecule has 1 unspecified atom stereocenters. The molecule has 15 heavy (non-hydrogen) atoms. The number of carbonyl (C=O) groups excluding carboxylic acids is 1. The van der Waals surface area contributed by atoms with Crippen LogP contribution in [-0.4, -0.2) is 37.2 Å². The standard InChI is InChI=1S/C10H20N2O2.ClH/c1-10(2,3)12-9(13)6-8-7-14-5-4-11-8;/h8,11H,4-7H2,1-3H3,(H,12,13);1H. The Morgan fingerprint density at radius 2 is 2.20 bits per heavy atom. The third-order valence-electron chi connectivity index (χ3n) is 1.94. The number of carbonyl (C=O) groups is 1. The van der Waals surface area contributed by atoms with Crippen LogP contribution in [-0.2, 0) is 9.53 Å². The van der Waals surface area contributed by atoms with Crippen LogP contribution in [0.25, 0.3) is 0 Å². The van der Waals surface area contributed by atoms with E-state index in [0.717, 1.165) is 13.2 Å². The topological polar surface area (TPSA) is 50.4 Å². The van der Waals surface area contributed by atoms with Crippen LogP contribution in [0.15, 0.2) is 0 Å². The first-order valence-corrected chi connectivity index (χ1v) is 5.09. The lowest BCUT2D eigenvalue weighted by Gasteiger charge is -2.26. The highest BCUT2D eigenvalue weighted by Gasteiger charge is 2.19. The Bertz CT molecular complexity index is 198. The molecule has 1 rings (SSSR count). The molecule has 0 aliphatic carbocycles. The van der Waals surface area contributed by atoms with Gasteiger partial charge in [-0.05, 0) is 20.8 Å². The zero-order valence-electron chi connectivity index (χ0n) is 9.63. The van der Waals surface area contributed by atoms with Gasteiger partial charge in [0.05, 0.1) is 13.2 Å². The molecule has 1 saturated heterocycles. The second kappa shape index (κ2) is 6.30. The van der Waals surface area contributed by atoms with Gasteiger partial charge in [0.25, 0.3) is 0 Å². The zero-order valence-corrected chi connectivity index (χ0v) is 10.4. The SMILES string of the molecule is CC(C)(C)NC(=O)CC1COCCN1.Cl. The molecule has 0 radical (unpaired) electrons. The van der Waals surface area contributed by atoms with Gasteiger partial charge in [-0.2, -0.15) is 0 Å². The summed E-state index contributed by atoms with van der Waals surface area (Å²) >= 11 is 0. The molecule has 0 aromatic rings. The van der Waals surface area contributed by atoms with Crippen molar-refractivity contribution in [2.24, 2.45) is 0 Å². The van der Waals surface area contributed by atoms with Gasteiger partial charge in [-0.25, -0.2) is 0 Å². The maximum absolute atomic E-state index is 11.5. The van der Waals surface area contributed by atoms with Gasteiger partial charge in [0.1, 0.15) is 0 Å². The molecule has 90 valence electrons. The second-order valence-corrected chi connectivity index (χ2v) is 4.73. The highest BCUT2D eigenvalue weighted by Crippen LogP contribution is 2.02. The van der Waals surface area contributed by atoms with E-state index in [4.69, 9.17) is 4.74 Å². The van der Waals surface area contributed by atoms with E-state index in [-0.39, 0.29) is 29.9 Å². The van der Waals surface area contributed by atoms with Crippen molar-refractivity contribution in [2.45, 2.75) is 38.8 Å². The van der Waals surface area contributed by atoms with E-state index in [1.807, 2.05) is 20.8 Å². The Balaban J connectivity index is 0.00000196. The lowest BCUT2D eigenvalue weighted by molar-refractivity contribution is -0.123. The number of rotatable bonds is 2. The normalized spacial score (nSPS) is 21.7. The summed E-state index contributed by atoms with van der Waals surface area (Å²) in [7, 11) is 0. The third kappa shape index (κ3) is 6.71. The van der Waals surface area contributed by atoms with Crippen LogP contribution in [0.4, 0.5) is 0 Å². The number of halogens is 1. The number of hydrogen-bond donors (Lipinski definition) is 2. The fourth-order valence-electron chi connectivity index (χ4n) is 1.44. The fourth-order valence-corrected chi connectivity index (χ4v) is 1.44. The average molecular weight is 237 g/mol. The van der Waals surface area contributed by atoms with Crippen molar-refractivity contribution in [1.82, 2.24) is 10.6 Å². The summed E-state index contributed by atoms with van der Waals surface area (Å²) in [5.74, 6) is 0.0838. The highest BCUT2D eigenvalue weighted by atomic mass is 35.5. The molecule has 0 bridgehead atoms. The van der Waals surface area contributed by atoms with E-state index in [1.165, 1.54) is 0 Å². The molecule has 1 fully saturated rings. The molecule has 1 atom stereocenters. The summed E-state index contributed by atoms with van der Waals surface area (Å²) < 4.78 is 5.27. The molecule has 0 aromatic heterocycles. The van der Waals surface area contributed by atoms with Crippen molar-refractivity contribution in [3.63, 3.8) is 0 Å². The third-order valence-corrected chi connectivity index (χ3v) is 1.94. The first-order valence-electron chi connectivity index (χ1n) is 5.09. The Morgan fingerprint density at radius 3 is 2.67 bits per heavy atom. The van der Waals surface area contributed by atoms with Gasteiger partial charge in [0.2, 0.25) is 5.91 Å². The van der Waals surface area contributed by atoms with Crippen molar-refractivity contribution < 1.29 is 9.53 Å². The van der Waals surface area contributed by atoms with Gasteiger partial charge in [-0.3, -0.25) is 4.79 Å². The summed E-state index contributed by atoms with van der Waals surface area (Å²) in [6, 6.07) is 0.172. The fraction of sp³-hybridized carbons (Fsp3) is 0.900. The maximum atomic E-state index is 11.5. The predicted octanol–water partition coefficient (Wildman–Crippen LogP) is 0.701. The molecule has 0 aromatic carbocycles. The molecule has 1 amide bonds. The molecule has 0 saturated carbocycles. The van der Waals surface area contributed by atoms with Crippen LogP contribution in [0.5, 0.6) is 0 Å². The molecule has 5 heteroatoms. The first kappa shape index (κ1) is 14.7. The van der Waals surface area contributed by atoms with Crippen LogP contribution >= 0.6 is 12.4 Å². The van der Waals surface area contributed by atoms with Crippen LogP contribution in [0.1, 0.15) is 27.2 Å². The van der Waals surface area contributed by atoms with Gasteiger partial charge in [0.15, 0.2) is 0 Å². The van der Waals surface area contributed by atoms with Crippen molar-refractivity contribution in [3.05, 3.63) is 0 Å². The molecular weight excluding hydrogens is 216 g/mol.